The molecule has 8 rings (SSSR count). The van der Waals surface area contributed by atoms with Crippen molar-refractivity contribution < 1.29 is 37.1 Å². The molecule has 0 bridgehead atoms. The lowest BCUT2D eigenvalue weighted by atomic mass is 9.92. The molecular weight excluding hydrogens is 710 g/mol. The Morgan fingerprint density at radius 3 is 2.45 bits per heavy atom. The molecule has 0 spiro atoms. The number of phenols is 1. The summed E-state index contributed by atoms with van der Waals surface area (Å²) < 4.78 is 45.8. The van der Waals surface area contributed by atoms with Crippen LogP contribution < -0.4 is 24.9 Å². The van der Waals surface area contributed by atoms with Gasteiger partial charge >= 0.3 is 15.9 Å². The number of benzene rings is 3. The lowest BCUT2D eigenvalue weighted by Crippen LogP contribution is -2.44. The number of aryl methyl sites for hydroxylation is 1. The van der Waals surface area contributed by atoms with Crippen LogP contribution in [0.5, 0.6) is 5.75 Å². The van der Waals surface area contributed by atoms with E-state index in [1.54, 1.807) is 34.9 Å². The first-order valence-corrected chi connectivity index (χ1v) is 18.8. The van der Waals surface area contributed by atoms with Crippen molar-refractivity contribution in [1.82, 2.24) is 24.1 Å². The van der Waals surface area contributed by atoms with Crippen molar-refractivity contribution in [2.75, 3.05) is 41.9 Å². The summed E-state index contributed by atoms with van der Waals surface area (Å²) in [6.45, 7) is 1.51. The van der Waals surface area contributed by atoms with Crippen LogP contribution in [0.15, 0.2) is 53.3 Å². The number of piperidine rings is 2. The summed E-state index contributed by atoms with van der Waals surface area (Å²) in [6, 6.07) is 11.1. The number of aromatic hydroxyl groups is 1. The number of imide groups is 1. The van der Waals surface area contributed by atoms with Gasteiger partial charge in [-0.1, -0.05) is 18.2 Å². The lowest BCUT2D eigenvalue weighted by Gasteiger charge is -2.34. The van der Waals surface area contributed by atoms with Gasteiger partial charge in [0.2, 0.25) is 17.7 Å². The van der Waals surface area contributed by atoms with E-state index in [0.29, 0.717) is 45.8 Å². The predicted molar refractivity (Wildman–Crippen MR) is 193 cm³/mol. The van der Waals surface area contributed by atoms with E-state index in [1.165, 1.54) is 15.2 Å². The summed E-state index contributed by atoms with van der Waals surface area (Å²) in [6.07, 6.45) is 4.31. The van der Waals surface area contributed by atoms with Gasteiger partial charge in [-0.2, -0.15) is 8.42 Å². The molecule has 276 valence electrons. The normalized spacial score (nSPS) is 20.7. The minimum absolute atomic E-state index is 0.0106. The van der Waals surface area contributed by atoms with Crippen LogP contribution in [-0.4, -0.2) is 83.9 Å². The first-order chi connectivity index (χ1) is 25.3. The number of phenolic OH excluding ortho intramolecular Hbond substituents is 1. The Hall–Kier alpha value is -5.71. The Morgan fingerprint density at radius 1 is 0.962 bits per heavy atom. The number of anilines is 2. The van der Waals surface area contributed by atoms with Crippen molar-refractivity contribution in [1.29, 1.82) is 0 Å². The maximum absolute atomic E-state index is 15.8. The molecule has 5 heterocycles. The van der Waals surface area contributed by atoms with E-state index < -0.39 is 51.9 Å². The number of hydrogen-bond donors (Lipinski definition) is 3. The van der Waals surface area contributed by atoms with Gasteiger partial charge in [-0.3, -0.25) is 33.6 Å². The highest BCUT2D eigenvalue weighted by Gasteiger charge is 2.38. The van der Waals surface area contributed by atoms with E-state index in [4.69, 9.17) is 0 Å². The molecule has 1 aromatic heterocycles. The third-order valence-corrected chi connectivity index (χ3v) is 12.2. The van der Waals surface area contributed by atoms with E-state index in [9.17, 15) is 37.5 Å². The molecule has 0 radical (unpaired) electrons. The number of carbonyl (C=O) groups is 4. The Labute approximate surface area is 302 Å². The van der Waals surface area contributed by atoms with Crippen molar-refractivity contribution >= 4 is 72.6 Å². The predicted octanol–water partition coefficient (Wildman–Crippen LogP) is 2.03. The number of imidazole rings is 1. The fraction of sp³-hybridized carbons (Fsp3) is 0.361. The van der Waals surface area contributed by atoms with Crippen molar-refractivity contribution in [2.24, 2.45) is 13.0 Å². The first kappa shape index (κ1) is 34.4. The summed E-state index contributed by atoms with van der Waals surface area (Å²) >= 11 is 0. The Balaban J connectivity index is 0.905. The Bertz CT molecular complexity index is 2470. The minimum atomic E-state index is -4.35. The van der Waals surface area contributed by atoms with E-state index >= 15 is 4.39 Å². The second-order valence-corrected chi connectivity index (χ2v) is 15.6. The standard InChI is InChI=1S/C36H36FN7O8S/c1-40-28-17-24(4-5-26(28)44(36(40)50)27-6-7-30(46)38-35(27)49)41-11-8-20(9-12-41)14-32(48)42-13-10-23(18-42)21-2-3-22-16-29(45)34(33(37)25(22)15-21)43-19-31(47)39-53(43,51)52/h2-5,10,15-17,20,27,45H,6-9,11-14,18-19H2,1H3,(H,39,47)(H,38,46,49). The van der Waals surface area contributed by atoms with Gasteiger partial charge in [-0.05, 0) is 72.0 Å². The molecule has 53 heavy (non-hydrogen) atoms. The molecule has 3 fully saturated rings. The van der Waals surface area contributed by atoms with Gasteiger partial charge in [-0.25, -0.2) is 18.2 Å². The van der Waals surface area contributed by atoms with Crippen LogP contribution in [0.3, 0.4) is 0 Å². The van der Waals surface area contributed by atoms with Gasteiger partial charge in [0, 0.05) is 57.1 Å². The second-order valence-electron chi connectivity index (χ2n) is 14.0. The van der Waals surface area contributed by atoms with E-state index in [1.807, 2.05) is 24.3 Å². The molecule has 4 aliphatic rings. The fourth-order valence-electron chi connectivity index (χ4n) is 7.91. The van der Waals surface area contributed by atoms with Crippen molar-refractivity contribution in [3.63, 3.8) is 0 Å². The van der Waals surface area contributed by atoms with Gasteiger partial charge in [0.25, 0.3) is 5.91 Å². The SMILES string of the molecule is Cn1c(=O)n(C2CCC(=O)NC2=O)c2ccc(N3CCC(CC(=O)N4CC=C(c5ccc6cc(O)c(N7CC(=O)NS7(=O)=O)c(F)c6c5)C4)CC3)cc21. The van der Waals surface area contributed by atoms with Crippen molar-refractivity contribution in [3.8, 4) is 5.75 Å². The highest BCUT2D eigenvalue weighted by molar-refractivity contribution is 7.92. The Morgan fingerprint density at radius 2 is 1.74 bits per heavy atom. The topological polar surface area (TPSA) is 183 Å². The maximum atomic E-state index is 15.8. The highest BCUT2D eigenvalue weighted by atomic mass is 32.2. The summed E-state index contributed by atoms with van der Waals surface area (Å²) in [5, 5.41) is 13.2. The number of amides is 4. The summed E-state index contributed by atoms with van der Waals surface area (Å²) in [7, 11) is -2.68. The third kappa shape index (κ3) is 5.97. The van der Waals surface area contributed by atoms with Gasteiger partial charge < -0.3 is 14.9 Å². The molecule has 3 aromatic carbocycles. The number of halogens is 1. The van der Waals surface area contributed by atoms with Gasteiger partial charge in [-0.15, -0.1) is 0 Å². The molecule has 0 saturated carbocycles. The molecule has 3 saturated heterocycles. The molecule has 15 nitrogen and oxygen atoms in total. The van der Waals surface area contributed by atoms with Crippen molar-refractivity contribution in [2.45, 2.75) is 38.1 Å². The third-order valence-electron chi connectivity index (χ3n) is 10.8. The van der Waals surface area contributed by atoms with Gasteiger partial charge in [0.1, 0.15) is 24.0 Å². The molecule has 1 atom stereocenters. The zero-order chi connectivity index (χ0) is 37.3. The first-order valence-electron chi connectivity index (χ1n) is 17.3. The molecular formula is C36H36FN7O8S. The number of aromatic nitrogens is 2. The molecule has 3 N–H and O–H groups in total. The number of rotatable bonds is 6. The van der Waals surface area contributed by atoms with E-state index in [0.717, 1.165) is 37.2 Å². The van der Waals surface area contributed by atoms with Crippen LogP contribution in [0.4, 0.5) is 15.8 Å². The second kappa shape index (κ2) is 12.8. The van der Waals surface area contributed by atoms with Crippen LogP contribution in [0.2, 0.25) is 0 Å². The smallest absolute Gasteiger partial charge is 0.329 e. The van der Waals surface area contributed by atoms with Gasteiger partial charge in [0.15, 0.2) is 5.82 Å². The maximum Gasteiger partial charge on any atom is 0.329 e. The molecule has 4 amide bonds. The van der Waals surface area contributed by atoms with Crippen LogP contribution in [0.25, 0.3) is 27.4 Å². The quantitative estimate of drug-likeness (QED) is 0.249. The number of nitrogens with zero attached hydrogens (tertiary/aromatic N) is 5. The zero-order valence-corrected chi connectivity index (χ0v) is 29.5. The summed E-state index contributed by atoms with van der Waals surface area (Å²) in [4.78, 5) is 66.5. The monoisotopic (exact) mass is 745 g/mol. The van der Waals surface area contributed by atoms with Crippen LogP contribution >= 0.6 is 0 Å². The molecule has 17 heteroatoms. The number of hydrogen-bond acceptors (Lipinski definition) is 9. The zero-order valence-electron chi connectivity index (χ0n) is 28.7. The molecule has 0 aliphatic carbocycles. The molecule has 4 aromatic rings. The van der Waals surface area contributed by atoms with Gasteiger partial charge in [0.05, 0.1) is 11.0 Å². The average Bonchev–Trinajstić information content (AvgIpc) is 3.79. The van der Waals surface area contributed by atoms with E-state index in [2.05, 4.69) is 10.2 Å². The fourth-order valence-corrected chi connectivity index (χ4v) is 9.08. The number of carbonyl (C=O) groups excluding carboxylic acids is 4. The van der Waals surface area contributed by atoms with Crippen LogP contribution in [0, 0.1) is 11.7 Å². The highest BCUT2D eigenvalue weighted by Crippen LogP contribution is 2.39. The number of nitrogens with one attached hydrogen (secondary N) is 2. The van der Waals surface area contributed by atoms with Crippen molar-refractivity contribution in [3.05, 3.63) is 70.4 Å². The van der Waals surface area contributed by atoms with Crippen LogP contribution in [0.1, 0.15) is 43.7 Å². The lowest BCUT2D eigenvalue weighted by molar-refractivity contribution is -0.136. The minimum Gasteiger partial charge on any atom is -0.506 e. The molecule has 4 aliphatic heterocycles. The summed E-state index contributed by atoms with van der Waals surface area (Å²) in [5.41, 5.74) is 2.79. The summed E-state index contributed by atoms with van der Waals surface area (Å²) in [5.74, 6) is -3.06. The molecule has 1 unspecified atom stereocenters. The average molecular weight is 746 g/mol. The largest absolute Gasteiger partial charge is 0.506 e. The van der Waals surface area contributed by atoms with E-state index in [-0.39, 0.29) is 41.6 Å². The Kier molecular flexibility index (Phi) is 8.27. The number of fused-ring (bicyclic) bond motifs is 2. The van der Waals surface area contributed by atoms with Crippen LogP contribution in [-0.2, 0) is 36.4 Å².